The molecule has 1 aromatic rings. The number of hydrogen-bond acceptors (Lipinski definition) is 2. The fraction of sp³-hybridized carbons (Fsp3) is 0.462. The van der Waals surface area contributed by atoms with Gasteiger partial charge in [0.1, 0.15) is 0 Å². The van der Waals surface area contributed by atoms with Crippen LogP contribution in [0, 0.1) is 12.8 Å². The molecule has 92 valence electrons. The summed E-state index contributed by atoms with van der Waals surface area (Å²) in [7, 11) is 0. The SMILES string of the molecule is Cc1ccc(C(=O)NC(CN)C2CC2)c(Cl)c1. The van der Waals surface area contributed by atoms with E-state index in [1.165, 1.54) is 0 Å². The predicted octanol–water partition coefficient (Wildman–Crippen LogP) is 2.12. The summed E-state index contributed by atoms with van der Waals surface area (Å²) in [5.41, 5.74) is 7.22. The van der Waals surface area contributed by atoms with E-state index in [0.717, 1.165) is 18.4 Å². The first-order valence-corrected chi connectivity index (χ1v) is 6.26. The van der Waals surface area contributed by atoms with Gasteiger partial charge in [-0.15, -0.1) is 0 Å². The van der Waals surface area contributed by atoms with Crippen molar-refractivity contribution in [2.24, 2.45) is 11.7 Å². The maximum absolute atomic E-state index is 12.0. The van der Waals surface area contributed by atoms with Gasteiger partial charge in [0.2, 0.25) is 0 Å². The molecule has 4 heteroatoms. The van der Waals surface area contributed by atoms with Crippen LogP contribution in [0.4, 0.5) is 0 Å². The second-order valence-corrected chi connectivity index (χ2v) is 5.04. The highest BCUT2D eigenvalue weighted by molar-refractivity contribution is 6.33. The van der Waals surface area contributed by atoms with Gasteiger partial charge in [-0.05, 0) is 43.4 Å². The van der Waals surface area contributed by atoms with E-state index in [2.05, 4.69) is 5.32 Å². The maximum atomic E-state index is 12.0. The molecule has 1 aromatic carbocycles. The van der Waals surface area contributed by atoms with Gasteiger partial charge in [0.15, 0.2) is 0 Å². The lowest BCUT2D eigenvalue weighted by molar-refractivity contribution is 0.0933. The molecule has 0 aliphatic heterocycles. The number of hydrogen-bond donors (Lipinski definition) is 2. The number of aryl methyl sites for hydroxylation is 1. The maximum Gasteiger partial charge on any atom is 0.253 e. The molecule has 1 saturated carbocycles. The van der Waals surface area contributed by atoms with Crippen LogP contribution < -0.4 is 11.1 Å². The average molecular weight is 253 g/mol. The quantitative estimate of drug-likeness (QED) is 0.863. The van der Waals surface area contributed by atoms with E-state index in [1.54, 1.807) is 12.1 Å². The minimum Gasteiger partial charge on any atom is -0.348 e. The molecule has 0 heterocycles. The fourth-order valence-corrected chi connectivity index (χ4v) is 2.24. The van der Waals surface area contributed by atoms with Crippen LogP contribution in [0.25, 0.3) is 0 Å². The molecule has 1 aliphatic rings. The zero-order valence-corrected chi connectivity index (χ0v) is 10.6. The van der Waals surface area contributed by atoms with E-state index in [0.29, 0.717) is 23.0 Å². The Bertz CT molecular complexity index is 429. The van der Waals surface area contributed by atoms with E-state index >= 15 is 0 Å². The molecule has 1 atom stereocenters. The first kappa shape index (κ1) is 12.4. The number of benzene rings is 1. The number of amides is 1. The summed E-state index contributed by atoms with van der Waals surface area (Å²) >= 11 is 6.05. The molecule has 0 saturated heterocycles. The second-order valence-electron chi connectivity index (χ2n) is 4.64. The van der Waals surface area contributed by atoms with Crippen LogP contribution in [0.5, 0.6) is 0 Å². The zero-order valence-electron chi connectivity index (χ0n) is 9.87. The Balaban J connectivity index is 2.08. The van der Waals surface area contributed by atoms with Gasteiger partial charge in [0, 0.05) is 12.6 Å². The fourth-order valence-electron chi connectivity index (χ4n) is 1.92. The summed E-state index contributed by atoms with van der Waals surface area (Å²) in [6, 6.07) is 5.52. The van der Waals surface area contributed by atoms with Crippen LogP contribution in [-0.4, -0.2) is 18.5 Å². The molecule has 0 spiro atoms. The molecule has 2 rings (SSSR count). The average Bonchev–Trinajstić information content (AvgIpc) is 3.09. The van der Waals surface area contributed by atoms with Gasteiger partial charge in [-0.3, -0.25) is 4.79 Å². The first-order chi connectivity index (χ1) is 8.11. The van der Waals surface area contributed by atoms with E-state index in [-0.39, 0.29) is 11.9 Å². The molecule has 1 unspecified atom stereocenters. The molecule has 0 bridgehead atoms. The zero-order chi connectivity index (χ0) is 12.4. The second kappa shape index (κ2) is 5.07. The minimum atomic E-state index is -0.127. The Morgan fingerprint density at radius 3 is 2.82 bits per heavy atom. The summed E-state index contributed by atoms with van der Waals surface area (Å²) in [6.07, 6.45) is 2.31. The van der Waals surface area contributed by atoms with Gasteiger partial charge < -0.3 is 11.1 Å². The van der Waals surface area contributed by atoms with E-state index < -0.39 is 0 Å². The largest absolute Gasteiger partial charge is 0.348 e. The predicted molar refractivity (Wildman–Crippen MR) is 69.2 cm³/mol. The van der Waals surface area contributed by atoms with Crippen LogP contribution in [-0.2, 0) is 0 Å². The van der Waals surface area contributed by atoms with Gasteiger partial charge in [0.05, 0.1) is 10.6 Å². The van der Waals surface area contributed by atoms with E-state index in [4.69, 9.17) is 17.3 Å². The normalized spacial score (nSPS) is 16.6. The minimum absolute atomic E-state index is 0.0832. The summed E-state index contributed by atoms with van der Waals surface area (Å²) in [5, 5.41) is 3.45. The Labute approximate surface area is 106 Å². The standard InChI is InChI=1S/C13H17ClN2O/c1-8-2-5-10(11(14)6-8)13(17)16-12(7-15)9-3-4-9/h2,5-6,9,12H,3-4,7,15H2,1H3,(H,16,17). The number of nitrogens with one attached hydrogen (secondary N) is 1. The molecule has 1 amide bonds. The van der Waals surface area contributed by atoms with Crippen molar-refractivity contribution in [2.75, 3.05) is 6.54 Å². The third-order valence-corrected chi connectivity index (χ3v) is 3.44. The molecular weight excluding hydrogens is 236 g/mol. The number of halogens is 1. The van der Waals surface area contributed by atoms with Crippen LogP contribution in [0.1, 0.15) is 28.8 Å². The summed E-state index contributed by atoms with van der Waals surface area (Å²) < 4.78 is 0. The number of carbonyl (C=O) groups excluding carboxylic acids is 1. The topological polar surface area (TPSA) is 55.1 Å². The Morgan fingerprint density at radius 2 is 2.29 bits per heavy atom. The summed E-state index contributed by atoms with van der Waals surface area (Å²) in [5.74, 6) is 0.422. The lowest BCUT2D eigenvalue weighted by Gasteiger charge is -2.16. The van der Waals surface area contributed by atoms with E-state index in [1.807, 2.05) is 13.0 Å². The Kier molecular flexibility index (Phi) is 3.69. The molecular formula is C13H17ClN2O. The lowest BCUT2D eigenvalue weighted by atomic mass is 10.1. The van der Waals surface area contributed by atoms with Crippen molar-refractivity contribution in [3.05, 3.63) is 34.3 Å². The first-order valence-electron chi connectivity index (χ1n) is 5.89. The molecule has 3 N–H and O–H groups in total. The number of carbonyl (C=O) groups is 1. The van der Waals surface area contributed by atoms with Gasteiger partial charge in [-0.1, -0.05) is 17.7 Å². The van der Waals surface area contributed by atoms with Crippen molar-refractivity contribution >= 4 is 17.5 Å². The van der Waals surface area contributed by atoms with Crippen molar-refractivity contribution in [2.45, 2.75) is 25.8 Å². The molecule has 0 aromatic heterocycles. The van der Waals surface area contributed by atoms with Gasteiger partial charge in [-0.2, -0.15) is 0 Å². The van der Waals surface area contributed by atoms with Crippen LogP contribution in [0.3, 0.4) is 0 Å². The van der Waals surface area contributed by atoms with Crippen molar-refractivity contribution in [1.29, 1.82) is 0 Å². The Morgan fingerprint density at radius 1 is 1.59 bits per heavy atom. The van der Waals surface area contributed by atoms with Crippen molar-refractivity contribution in [3.8, 4) is 0 Å². The van der Waals surface area contributed by atoms with Gasteiger partial charge in [-0.25, -0.2) is 0 Å². The van der Waals surface area contributed by atoms with Crippen LogP contribution >= 0.6 is 11.6 Å². The van der Waals surface area contributed by atoms with Crippen LogP contribution in [0.15, 0.2) is 18.2 Å². The molecule has 3 nitrogen and oxygen atoms in total. The molecule has 1 fully saturated rings. The highest BCUT2D eigenvalue weighted by Gasteiger charge is 2.31. The molecule has 0 radical (unpaired) electrons. The molecule has 17 heavy (non-hydrogen) atoms. The third kappa shape index (κ3) is 2.99. The molecule has 1 aliphatic carbocycles. The lowest BCUT2D eigenvalue weighted by Crippen LogP contribution is -2.41. The smallest absolute Gasteiger partial charge is 0.253 e. The van der Waals surface area contributed by atoms with Crippen molar-refractivity contribution in [1.82, 2.24) is 5.32 Å². The summed E-state index contributed by atoms with van der Waals surface area (Å²) in [4.78, 5) is 12.0. The van der Waals surface area contributed by atoms with Crippen molar-refractivity contribution < 1.29 is 4.79 Å². The monoisotopic (exact) mass is 252 g/mol. The van der Waals surface area contributed by atoms with Crippen LogP contribution in [0.2, 0.25) is 5.02 Å². The highest BCUT2D eigenvalue weighted by atomic mass is 35.5. The van der Waals surface area contributed by atoms with Crippen molar-refractivity contribution in [3.63, 3.8) is 0 Å². The third-order valence-electron chi connectivity index (χ3n) is 3.13. The van der Waals surface area contributed by atoms with Gasteiger partial charge >= 0.3 is 0 Å². The number of nitrogens with two attached hydrogens (primary N) is 1. The summed E-state index contributed by atoms with van der Waals surface area (Å²) in [6.45, 7) is 2.43. The van der Waals surface area contributed by atoms with Gasteiger partial charge in [0.25, 0.3) is 5.91 Å². The highest BCUT2D eigenvalue weighted by Crippen LogP contribution is 2.32. The van der Waals surface area contributed by atoms with E-state index in [9.17, 15) is 4.79 Å². The Hall–Kier alpha value is -1.06. The number of rotatable bonds is 4.